The maximum Gasteiger partial charge on any atom is 0.182 e. The lowest BCUT2D eigenvalue weighted by Gasteiger charge is -2.13. The molecular weight excluding hydrogens is 246 g/mol. The van der Waals surface area contributed by atoms with Gasteiger partial charge >= 0.3 is 0 Å². The van der Waals surface area contributed by atoms with E-state index in [9.17, 15) is 8.42 Å². The van der Waals surface area contributed by atoms with Crippen molar-refractivity contribution < 1.29 is 23.1 Å². The van der Waals surface area contributed by atoms with Crippen LogP contribution in [0.2, 0.25) is 0 Å². The van der Waals surface area contributed by atoms with Crippen LogP contribution >= 0.6 is 0 Å². The van der Waals surface area contributed by atoms with Crippen LogP contribution in [0, 0.1) is 0 Å². The fourth-order valence-electron chi connectivity index (χ4n) is 1.49. The molecule has 0 unspecified atom stereocenters. The second kappa shape index (κ2) is 5.35. The molecule has 0 aliphatic carbocycles. The average molecular weight is 261 g/mol. The molecule has 0 aliphatic rings. The van der Waals surface area contributed by atoms with Crippen molar-refractivity contribution in [1.82, 2.24) is 5.48 Å². The summed E-state index contributed by atoms with van der Waals surface area (Å²) < 4.78 is 33.3. The van der Waals surface area contributed by atoms with E-state index in [1.165, 1.54) is 26.4 Å². The third kappa shape index (κ3) is 3.09. The maximum absolute atomic E-state index is 11.6. The van der Waals surface area contributed by atoms with Crippen molar-refractivity contribution in [3.8, 4) is 11.5 Å². The van der Waals surface area contributed by atoms with E-state index in [-0.39, 0.29) is 22.9 Å². The number of hydrogen-bond donors (Lipinski definition) is 2. The molecule has 0 amide bonds. The van der Waals surface area contributed by atoms with E-state index in [0.29, 0.717) is 5.56 Å². The predicted octanol–water partition coefficient (Wildman–Crippen LogP) is 0.586. The second-order valence-electron chi connectivity index (χ2n) is 3.44. The van der Waals surface area contributed by atoms with E-state index >= 15 is 0 Å². The Hall–Kier alpha value is -1.31. The van der Waals surface area contributed by atoms with Gasteiger partial charge in [0.1, 0.15) is 11.5 Å². The highest BCUT2D eigenvalue weighted by atomic mass is 32.2. The van der Waals surface area contributed by atoms with Crippen LogP contribution < -0.4 is 15.0 Å². The molecule has 1 rings (SSSR count). The summed E-state index contributed by atoms with van der Waals surface area (Å²) in [6.45, 7) is 0.163. The Kier molecular flexibility index (Phi) is 4.33. The van der Waals surface area contributed by atoms with Crippen molar-refractivity contribution in [3.63, 3.8) is 0 Å². The smallest absolute Gasteiger partial charge is 0.182 e. The number of sulfone groups is 1. The summed E-state index contributed by atoms with van der Waals surface area (Å²) in [5, 5.41) is 8.63. The van der Waals surface area contributed by atoms with Gasteiger partial charge in [-0.1, -0.05) is 0 Å². The van der Waals surface area contributed by atoms with Gasteiger partial charge in [0, 0.05) is 12.8 Å². The van der Waals surface area contributed by atoms with E-state index in [1.54, 1.807) is 0 Å². The number of benzene rings is 1. The van der Waals surface area contributed by atoms with Gasteiger partial charge in [-0.15, -0.1) is 0 Å². The second-order valence-corrected chi connectivity index (χ2v) is 5.39. The zero-order valence-corrected chi connectivity index (χ0v) is 10.7. The quantitative estimate of drug-likeness (QED) is 0.754. The molecule has 0 aliphatic heterocycles. The van der Waals surface area contributed by atoms with Crippen molar-refractivity contribution >= 4 is 9.84 Å². The monoisotopic (exact) mass is 261 g/mol. The maximum atomic E-state index is 11.6. The fraction of sp³-hybridized carbons (Fsp3) is 0.400. The van der Waals surface area contributed by atoms with Crippen LogP contribution in [0.5, 0.6) is 11.5 Å². The Morgan fingerprint density at radius 3 is 2.00 bits per heavy atom. The first-order valence-corrected chi connectivity index (χ1v) is 6.65. The summed E-state index contributed by atoms with van der Waals surface area (Å²) in [6.07, 6.45) is 1.08. The van der Waals surface area contributed by atoms with Crippen LogP contribution in [0.4, 0.5) is 0 Å². The summed E-state index contributed by atoms with van der Waals surface area (Å²) in [6, 6.07) is 3.06. The van der Waals surface area contributed by atoms with E-state index in [0.717, 1.165) is 6.26 Å². The molecule has 0 fully saturated rings. The minimum absolute atomic E-state index is 0.00388. The van der Waals surface area contributed by atoms with Crippen LogP contribution in [0.1, 0.15) is 5.56 Å². The SMILES string of the molecule is COc1cc(CNO)cc(OC)c1S(C)(=O)=O. The number of ether oxygens (including phenoxy) is 2. The summed E-state index contributed by atoms with van der Waals surface area (Å²) in [5.74, 6) is 0.384. The summed E-state index contributed by atoms with van der Waals surface area (Å²) in [4.78, 5) is 0.00388. The zero-order valence-electron chi connectivity index (χ0n) is 9.85. The van der Waals surface area contributed by atoms with Gasteiger partial charge in [-0.3, -0.25) is 0 Å². The molecule has 0 aromatic heterocycles. The fourth-order valence-corrected chi connectivity index (χ4v) is 2.51. The first kappa shape index (κ1) is 13.8. The van der Waals surface area contributed by atoms with Gasteiger partial charge < -0.3 is 14.7 Å². The molecular formula is C10H15NO5S. The van der Waals surface area contributed by atoms with Gasteiger partial charge in [-0.25, -0.2) is 13.9 Å². The highest BCUT2D eigenvalue weighted by molar-refractivity contribution is 7.91. The largest absolute Gasteiger partial charge is 0.495 e. The molecule has 0 spiro atoms. The van der Waals surface area contributed by atoms with Gasteiger partial charge in [-0.05, 0) is 17.7 Å². The Balaban J connectivity index is 3.47. The molecule has 0 bridgehead atoms. The Labute approximate surface area is 100 Å². The lowest BCUT2D eigenvalue weighted by Crippen LogP contribution is -2.09. The van der Waals surface area contributed by atoms with Gasteiger partial charge in [0.15, 0.2) is 14.7 Å². The van der Waals surface area contributed by atoms with Crippen LogP contribution in [0.3, 0.4) is 0 Å². The first-order valence-electron chi connectivity index (χ1n) is 4.76. The zero-order chi connectivity index (χ0) is 13.1. The van der Waals surface area contributed by atoms with Gasteiger partial charge in [0.05, 0.1) is 14.2 Å². The summed E-state index contributed by atoms with van der Waals surface area (Å²) in [7, 11) is -0.704. The molecule has 96 valence electrons. The van der Waals surface area contributed by atoms with Crippen LogP contribution in [-0.2, 0) is 16.4 Å². The molecule has 2 N–H and O–H groups in total. The number of rotatable bonds is 5. The molecule has 1 aromatic carbocycles. The van der Waals surface area contributed by atoms with E-state index < -0.39 is 9.84 Å². The lowest BCUT2D eigenvalue weighted by atomic mass is 10.2. The molecule has 0 atom stereocenters. The van der Waals surface area contributed by atoms with Crippen molar-refractivity contribution in [2.75, 3.05) is 20.5 Å². The standard InChI is InChI=1S/C10H15NO5S/c1-15-8-4-7(6-11-12)5-9(16-2)10(8)17(3,13)14/h4-5,11-12H,6H2,1-3H3. The molecule has 7 heteroatoms. The Morgan fingerprint density at radius 2 is 1.71 bits per heavy atom. The number of nitrogens with one attached hydrogen (secondary N) is 1. The van der Waals surface area contributed by atoms with Gasteiger partial charge in [-0.2, -0.15) is 0 Å². The molecule has 1 aromatic rings. The Bertz CT molecular complexity index is 472. The van der Waals surface area contributed by atoms with Crippen molar-refractivity contribution in [1.29, 1.82) is 0 Å². The van der Waals surface area contributed by atoms with Gasteiger partial charge in [0.25, 0.3) is 0 Å². The summed E-state index contributed by atoms with van der Waals surface area (Å²) in [5.41, 5.74) is 2.63. The third-order valence-electron chi connectivity index (χ3n) is 2.17. The van der Waals surface area contributed by atoms with E-state index in [1.807, 2.05) is 5.48 Å². The van der Waals surface area contributed by atoms with Crippen LogP contribution in [-0.4, -0.2) is 34.1 Å². The highest BCUT2D eigenvalue weighted by Gasteiger charge is 2.21. The minimum atomic E-state index is -3.45. The van der Waals surface area contributed by atoms with Crippen molar-refractivity contribution in [2.45, 2.75) is 11.4 Å². The van der Waals surface area contributed by atoms with Crippen LogP contribution in [0.25, 0.3) is 0 Å². The normalized spacial score (nSPS) is 11.3. The topological polar surface area (TPSA) is 84.9 Å². The van der Waals surface area contributed by atoms with Crippen molar-refractivity contribution in [3.05, 3.63) is 17.7 Å². The average Bonchev–Trinajstić information content (AvgIpc) is 2.26. The lowest BCUT2D eigenvalue weighted by molar-refractivity contribution is 0.161. The molecule has 0 saturated heterocycles. The molecule has 6 nitrogen and oxygen atoms in total. The van der Waals surface area contributed by atoms with Crippen molar-refractivity contribution in [2.24, 2.45) is 0 Å². The highest BCUT2D eigenvalue weighted by Crippen LogP contribution is 2.34. The van der Waals surface area contributed by atoms with Gasteiger partial charge in [0.2, 0.25) is 0 Å². The Morgan fingerprint density at radius 1 is 1.24 bits per heavy atom. The van der Waals surface area contributed by atoms with Crippen LogP contribution in [0.15, 0.2) is 17.0 Å². The molecule has 17 heavy (non-hydrogen) atoms. The minimum Gasteiger partial charge on any atom is -0.495 e. The number of hydroxylamine groups is 1. The first-order chi connectivity index (χ1) is 7.93. The number of methoxy groups -OCH3 is 2. The van der Waals surface area contributed by atoms with E-state index in [4.69, 9.17) is 14.7 Å². The molecule has 0 heterocycles. The molecule has 0 radical (unpaired) electrons. The predicted molar refractivity (Wildman–Crippen MR) is 61.3 cm³/mol. The molecule has 0 saturated carbocycles. The number of hydrogen-bond acceptors (Lipinski definition) is 6. The van der Waals surface area contributed by atoms with E-state index in [2.05, 4.69) is 0 Å². The summed E-state index contributed by atoms with van der Waals surface area (Å²) >= 11 is 0. The third-order valence-corrected chi connectivity index (χ3v) is 3.32.